The molecule has 7 nitrogen and oxygen atoms in total. The first-order chi connectivity index (χ1) is 19.7. The van der Waals surface area contributed by atoms with Crippen molar-refractivity contribution >= 4 is 33.3 Å². The minimum atomic E-state index is -4.37. The van der Waals surface area contributed by atoms with Crippen molar-refractivity contribution in [2.75, 3.05) is 24.0 Å². The fourth-order valence-corrected chi connectivity index (χ4v) is 6.16. The number of urea groups is 1. The second kappa shape index (κ2) is 14.2. The van der Waals surface area contributed by atoms with Crippen LogP contribution in [0, 0.1) is 11.6 Å². The molecule has 3 aromatic rings. The molecular weight excluding hydrogens is 584 g/mol. The minimum absolute atomic E-state index is 0.128. The molecule has 0 aliphatic heterocycles. The number of nitrogens with zero attached hydrogens (tertiary/aromatic N) is 2. The Balaban J connectivity index is 1.83. The highest BCUT2D eigenvalue weighted by atomic mass is 35.5. The van der Waals surface area contributed by atoms with Crippen LogP contribution in [-0.2, 0) is 10.0 Å². The molecule has 0 saturated heterocycles. The molecule has 0 fully saturated rings. The number of rotatable bonds is 12. The lowest BCUT2D eigenvalue weighted by Crippen LogP contribution is -2.48. The fourth-order valence-electron chi connectivity index (χ4n) is 4.39. The van der Waals surface area contributed by atoms with Gasteiger partial charge in [-0.05, 0) is 89.9 Å². The van der Waals surface area contributed by atoms with Gasteiger partial charge in [0.1, 0.15) is 17.4 Å². The topological polar surface area (TPSA) is 79.0 Å². The maximum absolute atomic E-state index is 15.1. The zero-order valence-electron chi connectivity index (χ0n) is 24.5. The van der Waals surface area contributed by atoms with Crippen molar-refractivity contribution in [2.45, 2.75) is 63.9 Å². The summed E-state index contributed by atoms with van der Waals surface area (Å²) in [6, 6.07) is 13.9. The first-order valence-electron chi connectivity index (χ1n) is 13.8. The monoisotopic (exact) mass is 621 g/mol. The van der Waals surface area contributed by atoms with E-state index < -0.39 is 33.4 Å². The first kappa shape index (κ1) is 33.1. The third-order valence-electron chi connectivity index (χ3n) is 6.47. The van der Waals surface area contributed by atoms with E-state index in [9.17, 15) is 17.6 Å². The number of ether oxygens (including phenoxy) is 1. The van der Waals surface area contributed by atoms with Gasteiger partial charge in [0, 0.05) is 35.3 Å². The number of hydrogen-bond donors (Lipinski definition) is 1. The number of halogens is 3. The van der Waals surface area contributed by atoms with Crippen LogP contribution < -0.4 is 14.4 Å². The molecule has 0 saturated carbocycles. The van der Waals surface area contributed by atoms with Crippen molar-refractivity contribution in [3.05, 3.63) is 89.0 Å². The van der Waals surface area contributed by atoms with E-state index in [4.69, 9.17) is 16.3 Å². The van der Waals surface area contributed by atoms with Gasteiger partial charge in [-0.2, -0.15) is 0 Å². The summed E-state index contributed by atoms with van der Waals surface area (Å²) in [5.74, 6) is -1.26. The number of sulfonamides is 1. The highest BCUT2D eigenvalue weighted by Crippen LogP contribution is 2.38. The van der Waals surface area contributed by atoms with Crippen LogP contribution in [0.1, 0.15) is 59.1 Å². The molecule has 0 aromatic heterocycles. The summed E-state index contributed by atoms with van der Waals surface area (Å²) in [6.07, 6.45) is 1.32. The lowest BCUT2D eigenvalue weighted by atomic mass is 10.1. The summed E-state index contributed by atoms with van der Waals surface area (Å²) in [6.45, 7) is 10.7. The van der Waals surface area contributed by atoms with Gasteiger partial charge in [-0.3, -0.25) is 4.31 Å². The van der Waals surface area contributed by atoms with Crippen molar-refractivity contribution in [3.63, 3.8) is 0 Å². The second-order valence-corrected chi connectivity index (χ2v) is 13.1. The molecule has 0 heterocycles. The van der Waals surface area contributed by atoms with E-state index in [0.29, 0.717) is 48.9 Å². The van der Waals surface area contributed by atoms with E-state index in [1.165, 1.54) is 24.3 Å². The molecule has 228 valence electrons. The largest absolute Gasteiger partial charge is 0.493 e. The Bertz CT molecular complexity index is 1460. The van der Waals surface area contributed by atoms with Crippen molar-refractivity contribution in [1.82, 2.24) is 10.2 Å². The summed E-state index contributed by atoms with van der Waals surface area (Å²) in [5, 5.41) is 3.29. The van der Waals surface area contributed by atoms with Crippen LogP contribution in [0.25, 0.3) is 0 Å². The number of carbonyl (C=O) groups is 1. The standard InChI is InChI=1S/C31H38ClF2N3O4S/c1-6-36(30(38)35-31(3,4)5)19-9-10-20-41-29-12-8-7-11-26(29)22(2)37(28-21-24(33)15-18-27(28)34)42(39,40)25-16-13-23(32)14-17-25/h7-8,11-18,21-22H,6,9-10,19-20H2,1-5H3,(H,35,38). The van der Waals surface area contributed by atoms with Crippen molar-refractivity contribution in [3.8, 4) is 5.75 Å². The minimum Gasteiger partial charge on any atom is -0.493 e. The van der Waals surface area contributed by atoms with Gasteiger partial charge in [-0.15, -0.1) is 0 Å². The summed E-state index contributed by atoms with van der Waals surface area (Å²) >= 11 is 5.96. The van der Waals surface area contributed by atoms with Gasteiger partial charge in [0.2, 0.25) is 0 Å². The third-order valence-corrected chi connectivity index (χ3v) is 8.62. The molecule has 0 aliphatic rings. The highest BCUT2D eigenvalue weighted by molar-refractivity contribution is 7.92. The van der Waals surface area contributed by atoms with Gasteiger partial charge in [-0.1, -0.05) is 29.8 Å². The number of amides is 2. The van der Waals surface area contributed by atoms with Crippen LogP contribution in [0.2, 0.25) is 5.02 Å². The Morgan fingerprint density at radius 1 is 1.02 bits per heavy atom. The van der Waals surface area contributed by atoms with E-state index in [1.807, 2.05) is 27.7 Å². The number of carbonyl (C=O) groups excluding carboxylic acids is 1. The Hall–Kier alpha value is -3.37. The Kier molecular flexibility index (Phi) is 11.2. The van der Waals surface area contributed by atoms with Crippen molar-refractivity contribution < 1.29 is 26.7 Å². The van der Waals surface area contributed by atoms with E-state index in [1.54, 1.807) is 36.1 Å². The zero-order chi connectivity index (χ0) is 31.1. The van der Waals surface area contributed by atoms with Gasteiger partial charge in [0.25, 0.3) is 10.0 Å². The van der Waals surface area contributed by atoms with Gasteiger partial charge in [0.15, 0.2) is 0 Å². The third kappa shape index (κ3) is 8.58. The van der Waals surface area contributed by atoms with E-state index in [2.05, 4.69) is 5.32 Å². The summed E-state index contributed by atoms with van der Waals surface area (Å²) < 4.78 is 64.1. The Morgan fingerprint density at radius 2 is 1.69 bits per heavy atom. The normalized spacial score (nSPS) is 12.5. The quantitative estimate of drug-likeness (QED) is 0.212. The molecule has 1 atom stereocenters. The molecule has 0 spiro atoms. The number of nitrogens with one attached hydrogen (secondary N) is 1. The Labute approximate surface area is 252 Å². The molecule has 1 N–H and O–H groups in total. The van der Waals surface area contributed by atoms with Crippen molar-refractivity contribution in [1.29, 1.82) is 0 Å². The molecule has 11 heteroatoms. The number of unbranched alkanes of at least 4 members (excludes halogenated alkanes) is 1. The number of benzene rings is 3. The summed E-state index contributed by atoms with van der Waals surface area (Å²) in [4.78, 5) is 14.1. The molecule has 0 bridgehead atoms. The molecular formula is C31H38ClF2N3O4S. The molecule has 1 unspecified atom stereocenters. The maximum atomic E-state index is 15.1. The average molecular weight is 622 g/mol. The van der Waals surface area contributed by atoms with Gasteiger partial charge < -0.3 is 15.0 Å². The smallest absolute Gasteiger partial charge is 0.317 e. The Morgan fingerprint density at radius 3 is 2.33 bits per heavy atom. The van der Waals surface area contributed by atoms with Gasteiger partial charge in [-0.25, -0.2) is 22.0 Å². The van der Waals surface area contributed by atoms with Crippen LogP contribution in [0.5, 0.6) is 5.75 Å². The molecule has 42 heavy (non-hydrogen) atoms. The van der Waals surface area contributed by atoms with E-state index >= 15 is 4.39 Å². The van der Waals surface area contributed by atoms with Crippen LogP contribution in [0.3, 0.4) is 0 Å². The lowest BCUT2D eigenvalue weighted by Gasteiger charge is -2.32. The van der Waals surface area contributed by atoms with E-state index in [0.717, 1.165) is 22.5 Å². The SMILES string of the molecule is CCN(CCCCOc1ccccc1C(C)N(c1cc(F)ccc1F)S(=O)(=O)c1ccc(Cl)cc1)C(=O)NC(C)(C)C. The fraction of sp³-hybridized carbons (Fsp3) is 0.387. The summed E-state index contributed by atoms with van der Waals surface area (Å²) in [5.41, 5.74) is -0.295. The van der Waals surface area contributed by atoms with Crippen LogP contribution in [0.4, 0.5) is 19.3 Å². The molecule has 0 radical (unpaired) electrons. The lowest BCUT2D eigenvalue weighted by molar-refractivity contribution is 0.188. The second-order valence-electron chi connectivity index (χ2n) is 10.9. The zero-order valence-corrected chi connectivity index (χ0v) is 26.1. The van der Waals surface area contributed by atoms with E-state index in [-0.39, 0.29) is 16.5 Å². The maximum Gasteiger partial charge on any atom is 0.317 e. The van der Waals surface area contributed by atoms with Crippen molar-refractivity contribution in [2.24, 2.45) is 0 Å². The molecule has 3 aromatic carbocycles. The predicted octanol–water partition coefficient (Wildman–Crippen LogP) is 7.56. The van der Waals surface area contributed by atoms with Crippen LogP contribution >= 0.6 is 11.6 Å². The molecule has 3 rings (SSSR count). The highest BCUT2D eigenvalue weighted by Gasteiger charge is 2.34. The summed E-state index contributed by atoms with van der Waals surface area (Å²) in [7, 11) is -4.37. The predicted molar refractivity (Wildman–Crippen MR) is 163 cm³/mol. The number of para-hydroxylation sites is 1. The average Bonchev–Trinajstić information content (AvgIpc) is 2.92. The number of anilines is 1. The molecule has 2 amide bonds. The van der Waals surface area contributed by atoms with Gasteiger partial charge in [0.05, 0.1) is 23.2 Å². The van der Waals surface area contributed by atoms with Crippen LogP contribution in [-0.4, -0.2) is 44.6 Å². The number of hydrogen-bond acceptors (Lipinski definition) is 4. The van der Waals surface area contributed by atoms with Crippen LogP contribution in [0.15, 0.2) is 71.6 Å². The van der Waals surface area contributed by atoms with Gasteiger partial charge >= 0.3 is 6.03 Å². The first-order valence-corrected chi connectivity index (χ1v) is 15.6. The molecule has 0 aliphatic carbocycles.